The van der Waals surface area contributed by atoms with Crippen LogP contribution in [0.25, 0.3) is 0 Å². The van der Waals surface area contributed by atoms with E-state index in [0.717, 1.165) is 24.3 Å². The van der Waals surface area contributed by atoms with Crippen LogP contribution in [0.15, 0.2) is 29.2 Å². The summed E-state index contributed by atoms with van der Waals surface area (Å²) in [5, 5.41) is 9.06. The van der Waals surface area contributed by atoms with Crippen molar-refractivity contribution in [1.82, 2.24) is 4.90 Å². The van der Waals surface area contributed by atoms with Crippen LogP contribution in [0.2, 0.25) is 0 Å². The number of benzene rings is 1. The van der Waals surface area contributed by atoms with E-state index in [0.29, 0.717) is 6.42 Å². The Labute approximate surface area is 131 Å². The third-order valence-corrected chi connectivity index (χ3v) is 5.40. The number of amides is 1. The molecule has 1 aromatic rings. The molecule has 1 aromatic carbocycles. The molecule has 0 aliphatic carbocycles. The van der Waals surface area contributed by atoms with Gasteiger partial charge >= 0.3 is 11.7 Å². The maximum atomic E-state index is 12.5. The molecule has 0 bridgehead atoms. The fraction of sp³-hybridized carbons (Fsp3) is 0.429. The first-order valence-electron chi connectivity index (χ1n) is 6.82. The van der Waals surface area contributed by atoms with Gasteiger partial charge in [-0.25, -0.2) is 8.42 Å². The molecule has 0 radical (unpaired) electrons. The van der Waals surface area contributed by atoms with Gasteiger partial charge in [0.15, 0.2) is 0 Å². The normalized spacial score (nSPS) is 21.7. The topological polar surface area (TPSA) is 91.8 Å². The van der Waals surface area contributed by atoms with Crippen molar-refractivity contribution >= 4 is 21.7 Å². The first-order chi connectivity index (χ1) is 10.7. The summed E-state index contributed by atoms with van der Waals surface area (Å²) in [6, 6.07) is 3.70. The number of hydrogen-bond acceptors (Lipinski definition) is 4. The van der Waals surface area contributed by atoms with Gasteiger partial charge in [-0.2, -0.15) is 8.78 Å². The largest absolute Gasteiger partial charge is 0.481 e. The monoisotopic (exact) mass is 347 g/mol. The minimum Gasteiger partial charge on any atom is -0.481 e. The van der Waals surface area contributed by atoms with Gasteiger partial charge in [0.2, 0.25) is 9.84 Å². The molecule has 1 fully saturated rings. The van der Waals surface area contributed by atoms with Crippen LogP contribution in [0.3, 0.4) is 0 Å². The Morgan fingerprint density at radius 1 is 1.26 bits per heavy atom. The molecular weight excluding hydrogens is 332 g/mol. The van der Waals surface area contributed by atoms with Crippen molar-refractivity contribution in [2.24, 2.45) is 5.92 Å². The van der Waals surface area contributed by atoms with E-state index in [1.165, 1.54) is 4.90 Å². The highest BCUT2D eigenvalue weighted by Gasteiger charge is 2.38. The SMILES string of the molecule is CC1C(C(=O)O)CCN1C(=O)c1ccc(S(=O)(=O)C(F)F)cc1. The fourth-order valence-corrected chi connectivity index (χ4v) is 3.33. The minimum absolute atomic E-state index is 0.121. The van der Waals surface area contributed by atoms with Gasteiger partial charge in [-0.15, -0.1) is 0 Å². The lowest BCUT2D eigenvalue weighted by molar-refractivity contribution is -0.142. The summed E-state index contributed by atoms with van der Waals surface area (Å²) in [4.78, 5) is 24.2. The summed E-state index contributed by atoms with van der Waals surface area (Å²) in [6.07, 6.45) is 0.333. The maximum absolute atomic E-state index is 12.5. The van der Waals surface area contributed by atoms with Crippen LogP contribution in [0, 0.1) is 5.92 Å². The first-order valence-corrected chi connectivity index (χ1v) is 8.36. The maximum Gasteiger partial charge on any atom is 0.341 e. The van der Waals surface area contributed by atoms with Crippen LogP contribution in [-0.2, 0) is 14.6 Å². The molecule has 0 aromatic heterocycles. The van der Waals surface area contributed by atoms with Crippen molar-refractivity contribution in [3.63, 3.8) is 0 Å². The number of hydrogen-bond donors (Lipinski definition) is 1. The van der Waals surface area contributed by atoms with Crippen LogP contribution < -0.4 is 0 Å². The Morgan fingerprint density at radius 3 is 2.26 bits per heavy atom. The molecule has 2 rings (SSSR count). The number of alkyl halides is 2. The number of rotatable bonds is 4. The standard InChI is InChI=1S/C14H15F2NO5S/c1-8-11(13(19)20)6-7-17(8)12(18)9-2-4-10(5-3-9)23(21,22)14(15)16/h2-5,8,11,14H,6-7H2,1H3,(H,19,20). The number of nitrogens with zero attached hydrogens (tertiary/aromatic N) is 1. The lowest BCUT2D eigenvalue weighted by atomic mass is 10.0. The molecule has 1 amide bonds. The van der Waals surface area contributed by atoms with Gasteiger partial charge in [-0.1, -0.05) is 0 Å². The van der Waals surface area contributed by atoms with Gasteiger partial charge < -0.3 is 10.0 Å². The van der Waals surface area contributed by atoms with Crippen molar-refractivity contribution in [3.05, 3.63) is 29.8 Å². The summed E-state index contributed by atoms with van der Waals surface area (Å²) in [6.45, 7) is 1.90. The number of aliphatic carboxylic acids is 1. The van der Waals surface area contributed by atoms with E-state index in [1.54, 1.807) is 6.92 Å². The number of carbonyl (C=O) groups is 2. The van der Waals surface area contributed by atoms with E-state index in [-0.39, 0.29) is 12.1 Å². The molecule has 2 unspecified atom stereocenters. The highest BCUT2D eigenvalue weighted by atomic mass is 32.2. The molecule has 9 heteroatoms. The highest BCUT2D eigenvalue weighted by molar-refractivity contribution is 7.91. The van der Waals surface area contributed by atoms with Gasteiger partial charge in [0, 0.05) is 18.2 Å². The Balaban J connectivity index is 2.21. The van der Waals surface area contributed by atoms with Gasteiger partial charge in [0.1, 0.15) is 0 Å². The van der Waals surface area contributed by atoms with Gasteiger partial charge in [0.25, 0.3) is 5.91 Å². The summed E-state index contributed by atoms with van der Waals surface area (Å²) in [5.41, 5.74) is 0.121. The van der Waals surface area contributed by atoms with Crippen molar-refractivity contribution in [2.45, 2.75) is 30.0 Å². The molecular formula is C14H15F2NO5S. The zero-order valence-corrected chi connectivity index (χ0v) is 13.0. The molecule has 126 valence electrons. The minimum atomic E-state index is -4.71. The zero-order chi connectivity index (χ0) is 17.4. The Bertz CT molecular complexity index is 717. The number of carboxylic acid groups (broad SMARTS) is 1. The number of likely N-dealkylation sites (tertiary alicyclic amines) is 1. The Kier molecular flexibility index (Phi) is 4.69. The predicted octanol–water partition coefficient (Wildman–Crippen LogP) is 1.62. The Morgan fingerprint density at radius 2 is 1.83 bits per heavy atom. The number of sulfone groups is 1. The second-order valence-corrected chi connectivity index (χ2v) is 7.22. The van der Waals surface area contributed by atoms with Crippen LogP contribution in [-0.4, -0.2) is 48.6 Å². The molecule has 2 atom stereocenters. The van der Waals surface area contributed by atoms with Crippen LogP contribution >= 0.6 is 0 Å². The number of carbonyl (C=O) groups excluding carboxylic acids is 1. The van der Waals surface area contributed by atoms with Crippen molar-refractivity contribution in [3.8, 4) is 0 Å². The number of halogens is 2. The van der Waals surface area contributed by atoms with Crippen LogP contribution in [0.1, 0.15) is 23.7 Å². The zero-order valence-electron chi connectivity index (χ0n) is 12.1. The predicted molar refractivity (Wildman–Crippen MR) is 75.9 cm³/mol. The third kappa shape index (κ3) is 3.19. The summed E-state index contributed by atoms with van der Waals surface area (Å²) in [5.74, 6) is -5.62. The van der Waals surface area contributed by atoms with Crippen LogP contribution in [0.4, 0.5) is 8.78 Å². The van der Waals surface area contributed by atoms with Gasteiger partial charge in [0.05, 0.1) is 10.8 Å². The molecule has 6 nitrogen and oxygen atoms in total. The molecule has 1 N–H and O–H groups in total. The third-order valence-electron chi connectivity index (χ3n) is 4.00. The van der Waals surface area contributed by atoms with E-state index >= 15 is 0 Å². The van der Waals surface area contributed by atoms with E-state index in [4.69, 9.17) is 5.11 Å². The number of carboxylic acids is 1. The molecule has 0 saturated carbocycles. The molecule has 1 aliphatic heterocycles. The molecule has 0 spiro atoms. The van der Waals surface area contributed by atoms with Crippen molar-refractivity contribution < 1.29 is 31.9 Å². The first kappa shape index (κ1) is 17.3. The molecule has 1 aliphatic rings. The van der Waals surface area contributed by atoms with Gasteiger partial charge in [-0.3, -0.25) is 9.59 Å². The van der Waals surface area contributed by atoms with E-state index in [1.807, 2.05) is 0 Å². The average Bonchev–Trinajstić information content (AvgIpc) is 2.88. The Hall–Kier alpha value is -2.03. The smallest absolute Gasteiger partial charge is 0.341 e. The summed E-state index contributed by atoms with van der Waals surface area (Å²) < 4.78 is 47.6. The lowest BCUT2D eigenvalue weighted by Gasteiger charge is -2.23. The second-order valence-electron chi connectivity index (χ2n) is 5.30. The van der Waals surface area contributed by atoms with E-state index < -0.39 is 44.3 Å². The molecule has 23 heavy (non-hydrogen) atoms. The van der Waals surface area contributed by atoms with Crippen molar-refractivity contribution in [1.29, 1.82) is 0 Å². The molecule has 1 saturated heterocycles. The van der Waals surface area contributed by atoms with Crippen LogP contribution in [0.5, 0.6) is 0 Å². The summed E-state index contributed by atoms with van der Waals surface area (Å²) in [7, 11) is -4.71. The highest BCUT2D eigenvalue weighted by Crippen LogP contribution is 2.26. The van der Waals surface area contributed by atoms with Gasteiger partial charge in [-0.05, 0) is 37.6 Å². The quantitative estimate of drug-likeness (QED) is 0.893. The molecule has 1 heterocycles. The van der Waals surface area contributed by atoms with E-state index in [2.05, 4.69) is 0 Å². The summed E-state index contributed by atoms with van der Waals surface area (Å²) >= 11 is 0. The average molecular weight is 347 g/mol. The fourth-order valence-electron chi connectivity index (χ4n) is 2.61. The second kappa shape index (κ2) is 6.23. The van der Waals surface area contributed by atoms with Crippen molar-refractivity contribution in [2.75, 3.05) is 6.54 Å². The van der Waals surface area contributed by atoms with E-state index in [9.17, 15) is 26.8 Å². The lowest BCUT2D eigenvalue weighted by Crippen LogP contribution is -2.37.